The molecule has 11 heteroatoms. The summed E-state index contributed by atoms with van der Waals surface area (Å²) in [7, 11) is 1.76. The first-order valence-electron chi connectivity index (χ1n) is 11.1. The fourth-order valence-electron chi connectivity index (χ4n) is 4.21. The number of fused-ring (bicyclic) bond motifs is 1. The molecule has 0 atom stereocenters. The summed E-state index contributed by atoms with van der Waals surface area (Å²) in [6.45, 7) is 6.80. The number of aryl methyl sites for hydroxylation is 2. The molecule has 1 saturated heterocycles. The molecule has 4 rings (SSSR count). The summed E-state index contributed by atoms with van der Waals surface area (Å²) in [6, 6.07) is 8.02. The van der Waals surface area contributed by atoms with Gasteiger partial charge in [0.05, 0.1) is 13.2 Å². The number of alkyl halides is 3. The molecule has 34 heavy (non-hydrogen) atoms. The largest absolute Gasteiger partial charge is 0.453 e. The van der Waals surface area contributed by atoms with Crippen molar-refractivity contribution in [1.82, 2.24) is 24.5 Å². The van der Waals surface area contributed by atoms with E-state index >= 15 is 0 Å². The number of benzene rings is 1. The molecule has 1 aliphatic heterocycles. The average Bonchev–Trinajstić information content (AvgIpc) is 3.24. The van der Waals surface area contributed by atoms with Crippen LogP contribution in [0.25, 0.3) is 5.78 Å². The number of rotatable bonds is 6. The van der Waals surface area contributed by atoms with Gasteiger partial charge in [0.1, 0.15) is 0 Å². The molecule has 0 saturated carbocycles. The second-order valence-corrected chi connectivity index (χ2v) is 8.38. The second-order valence-electron chi connectivity index (χ2n) is 8.38. The Bertz CT molecular complexity index is 1190. The average molecular weight is 477 g/mol. The molecule has 0 N–H and O–H groups in total. The van der Waals surface area contributed by atoms with Crippen LogP contribution in [0.5, 0.6) is 0 Å². The van der Waals surface area contributed by atoms with E-state index in [1.807, 2.05) is 18.2 Å². The Labute approximate surface area is 195 Å². The number of morpholine rings is 1. The van der Waals surface area contributed by atoms with Gasteiger partial charge in [-0.3, -0.25) is 4.79 Å². The zero-order valence-electron chi connectivity index (χ0n) is 19.4. The predicted molar refractivity (Wildman–Crippen MR) is 120 cm³/mol. The second kappa shape index (κ2) is 9.57. The van der Waals surface area contributed by atoms with Gasteiger partial charge >= 0.3 is 6.18 Å². The van der Waals surface area contributed by atoms with Crippen LogP contribution in [0.2, 0.25) is 0 Å². The number of hydrogen-bond acceptors (Lipinski definition) is 6. The molecule has 0 spiro atoms. The molecule has 8 nitrogen and oxygen atoms in total. The van der Waals surface area contributed by atoms with Gasteiger partial charge in [0.15, 0.2) is 0 Å². The molecule has 1 aromatic carbocycles. The number of halogens is 3. The van der Waals surface area contributed by atoms with Gasteiger partial charge in [-0.05, 0) is 37.5 Å². The first-order valence-corrected chi connectivity index (χ1v) is 11.1. The molecular weight excluding hydrogens is 449 g/mol. The minimum absolute atomic E-state index is 0.0646. The van der Waals surface area contributed by atoms with Gasteiger partial charge in [0.25, 0.3) is 11.6 Å². The number of para-hydroxylation sites is 1. The third-order valence-electron chi connectivity index (χ3n) is 6.07. The molecule has 1 fully saturated rings. The number of aromatic nitrogens is 4. The third-order valence-corrected chi connectivity index (χ3v) is 6.07. The number of carbonyl (C=O) groups is 1. The minimum Gasteiger partial charge on any atom is -0.378 e. The lowest BCUT2D eigenvalue weighted by Gasteiger charge is -2.31. The van der Waals surface area contributed by atoms with Gasteiger partial charge in [-0.1, -0.05) is 18.2 Å². The molecule has 0 bridgehead atoms. The predicted octanol–water partition coefficient (Wildman–Crippen LogP) is 3.19. The molecule has 0 aliphatic carbocycles. The lowest BCUT2D eigenvalue weighted by Crippen LogP contribution is -2.37. The maximum atomic E-state index is 13.0. The Balaban J connectivity index is 1.46. The van der Waals surface area contributed by atoms with Gasteiger partial charge in [-0.25, -0.2) is 9.50 Å². The van der Waals surface area contributed by atoms with E-state index in [1.54, 1.807) is 25.8 Å². The van der Waals surface area contributed by atoms with Gasteiger partial charge in [0.2, 0.25) is 5.91 Å². The maximum Gasteiger partial charge on any atom is 0.453 e. The first kappa shape index (κ1) is 23.9. The smallest absolute Gasteiger partial charge is 0.378 e. The van der Waals surface area contributed by atoms with E-state index in [0.717, 1.165) is 28.9 Å². The van der Waals surface area contributed by atoms with Crippen molar-refractivity contribution in [2.75, 3.05) is 38.3 Å². The highest BCUT2D eigenvalue weighted by molar-refractivity contribution is 5.76. The van der Waals surface area contributed by atoms with Crippen molar-refractivity contribution in [3.63, 3.8) is 0 Å². The highest BCUT2D eigenvalue weighted by Gasteiger charge is 2.37. The fourth-order valence-corrected chi connectivity index (χ4v) is 4.21. The highest BCUT2D eigenvalue weighted by Crippen LogP contribution is 2.27. The highest BCUT2D eigenvalue weighted by atomic mass is 19.4. The van der Waals surface area contributed by atoms with Crippen LogP contribution in [0.4, 0.5) is 18.9 Å². The molecule has 3 aromatic rings. The number of amides is 1. The Morgan fingerprint density at radius 2 is 1.85 bits per heavy atom. The van der Waals surface area contributed by atoms with Gasteiger partial charge in [-0.2, -0.15) is 18.2 Å². The SMILES string of the molecule is Cc1nc2nc(C(F)(F)F)nn2c(C)c1CCC(=O)N(C)Cc1ccccc1N1CCOCC1. The number of anilines is 1. The van der Waals surface area contributed by atoms with Crippen LogP contribution in [0.15, 0.2) is 24.3 Å². The van der Waals surface area contributed by atoms with E-state index in [4.69, 9.17) is 4.74 Å². The van der Waals surface area contributed by atoms with Crippen LogP contribution in [0, 0.1) is 13.8 Å². The van der Waals surface area contributed by atoms with Gasteiger partial charge in [0, 0.05) is 50.2 Å². The fraction of sp³-hybridized carbons (Fsp3) is 0.478. The minimum atomic E-state index is -4.65. The molecule has 1 amide bonds. The van der Waals surface area contributed by atoms with Crippen molar-refractivity contribution >= 4 is 17.4 Å². The quantitative estimate of drug-likeness (QED) is 0.544. The van der Waals surface area contributed by atoms with Crippen molar-refractivity contribution in [3.05, 3.63) is 52.6 Å². The van der Waals surface area contributed by atoms with Gasteiger partial charge < -0.3 is 14.5 Å². The lowest BCUT2D eigenvalue weighted by molar-refractivity contribution is -0.144. The topological polar surface area (TPSA) is 75.9 Å². The number of hydrogen-bond donors (Lipinski definition) is 0. The van der Waals surface area contributed by atoms with E-state index < -0.39 is 12.0 Å². The summed E-state index contributed by atoms with van der Waals surface area (Å²) in [5.41, 5.74) is 3.89. The van der Waals surface area contributed by atoms with Crippen molar-refractivity contribution in [2.45, 2.75) is 39.4 Å². The summed E-state index contributed by atoms with van der Waals surface area (Å²) in [4.78, 5) is 24.5. The molecule has 0 unspecified atom stereocenters. The number of carbonyl (C=O) groups excluding carboxylic acids is 1. The summed E-state index contributed by atoms with van der Waals surface area (Å²) < 4.78 is 45.5. The van der Waals surface area contributed by atoms with E-state index in [2.05, 4.69) is 26.0 Å². The Hall–Kier alpha value is -3.21. The molecule has 2 aromatic heterocycles. The van der Waals surface area contributed by atoms with Crippen LogP contribution in [0.1, 0.15) is 34.8 Å². The summed E-state index contributed by atoms with van der Waals surface area (Å²) >= 11 is 0. The zero-order chi connectivity index (χ0) is 24.5. The van der Waals surface area contributed by atoms with Crippen LogP contribution >= 0.6 is 0 Å². The zero-order valence-corrected chi connectivity index (χ0v) is 19.4. The van der Waals surface area contributed by atoms with E-state index in [1.165, 1.54) is 0 Å². The molecular formula is C23H27F3N6O2. The van der Waals surface area contributed by atoms with Crippen LogP contribution in [0.3, 0.4) is 0 Å². The third kappa shape index (κ3) is 4.98. The van der Waals surface area contributed by atoms with E-state index in [-0.39, 0.29) is 18.1 Å². The van der Waals surface area contributed by atoms with Crippen LogP contribution in [-0.2, 0) is 28.7 Å². The van der Waals surface area contributed by atoms with Gasteiger partial charge in [-0.15, -0.1) is 5.10 Å². The Morgan fingerprint density at radius 1 is 1.15 bits per heavy atom. The normalized spacial score (nSPS) is 14.6. The Morgan fingerprint density at radius 3 is 2.56 bits per heavy atom. The lowest BCUT2D eigenvalue weighted by atomic mass is 10.1. The number of ether oxygens (including phenoxy) is 1. The first-order chi connectivity index (χ1) is 16.1. The van der Waals surface area contributed by atoms with E-state index in [9.17, 15) is 18.0 Å². The van der Waals surface area contributed by atoms with Crippen LogP contribution < -0.4 is 4.90 Å². The molecule has 182 valence electrons. The molecule has 0 radical (unpaired) electrons. The van der Waals surface area contributed by atoms with E-state index in [0.29, 0.717) is 43.1 Å². The van der Waals surface area contributed by atoms with Crippen molar-refractivity contribution in [2.24, 2.45) is 0 Å². The Kier molecular flexibility index (Phi) is 6.74. The summed E-state index contributed by atoms with van der Waals surface area (Å²) in [5, 5.41) is 3.57. The van der Waals surface area contributed by atoms with Crippen LogP contribution in [-0.4, -0.2) is 63.7 Å². The summed E-state index contributed by atoms with van der Waals surface area (Å²) in [5.74, 6) is -1.39. The molecule has 3 heterocycles. The summed E-state index contributed by atoms with van der Waals surface area (Å²) in [6.07, 6.45) is -4.10. The maximum absolute atomic E-state index is 13.0. The standard InChI is InChI=1S/C23H27F3N6O2/c1-15-18(16(2)32-22(27-15)28-21(29-32)23(24,25)26)8-9-20(33)30(3)14-17-6-4-5-7-19(17)31-10-12-34-13-11-31/h4-7H,8-14H2,1-3H3. The van der Waals surface area contributed by atoms with Crippen molar-refractivity contribution in [1.29, 1.82) is 0 Å². The van der Waals surface area contributed by atoms with Crippen molar-refractivity contribution in [3.8, 4) is 0 Å². The van der Waals surface area contributed by atoms with Crippen molar-refractivity contribution < 1.29 is 22.7 Å². The monoisotopic (exact) mass is 476 g/mol. The molecule has 1 aliphatic rings. The number of nitrogens with zero attached hydrogens (tertiary/aromatic N) is 6.